The van der Waals surface area contributed by atoms with Crippen LogP contribution < -0.4 is 5.32 Å². The number of aromatic amines is 1. The number of para-hydroxylation sites is 1. The Morgan fingerprint density at radius 2 is 1.77 bits per heavy atom. The number of nitrogens with zero attached hydrogens (tertiary/aromatic N) is 1. The molecule has 1 aromatic heterocycles. The summed E-state index contributed by atoms with van der Waals surface area (Å²) in [6.07, 6.45) is 4.45. The van der Waals surface area contributed by atoms with Gasteiger partial charge in [-0.15, -0.1) is 0 Å². The van der Waals surface area contributed by atoms with Gasteiger partial charge in [0.2, 0.25) is 10.0 Å². The van der Waals surface area contributed by atoms with Gasteiger partial charge < -0.3 is 10.3 Å². The molecule has 1 unspecified atom stereocenters. The first-order chi connectivity index (χ1) is 14.3. The Labute approximate surface area is 177 Å². The molecule has 1 atom stereocenters. The minimum Gasteiger partial charge on any atom is -0.358 e. The number of benzene rings is 2. The summed E-state index contributed by atoms with van der Waals surface area (Å²) < 4.78 is 25.7. The highest BCUT2D eigenvalue weighted by atomic mass is 32.2. The van der Waals surface area contributed by atoms with E-state index >= 15 is 0 Å². The zero-order chi connectivity index (χ0) is 21.5. The Balaban J connectivity index is 1.56. The lowest BCUT2D eigenvalue weighted by Crippen LogP contribution is -2.27. The summed E-state index contributed by atoms with van der Waals surface area (Å²) in [6, 6.07) is 12.3. The number of H-pyrrole nitrogens is 1. The summed E-state index contributed by atoms with van der Waals surface area (Å²) in [7, 11) is -0.459. The highest BCUT2D eigenvalue weighted by molar-refractivity contribution is 7.89. The molecule has 0 spiro atoms. The third-order valence-corrected chi connectivity index (χ3v) is 7.71. The van der Waals surface area contributed by atoms with Crippen molar-refractivity contribution in [1.82, 2.24) is 14.6 Å². The molecule has 0 radical (unpaired) electrons. The van der Waals surface area contributed by atoms with E-state index in [9.17, 15) is 13.2 Å². The molecule has 4 rings (SSSR count). The smallest absolute Gasteiger partial charge is 0.253 e. The van der Waals surface area contributed by atoms with Crippen LogP contribution in [-0.4, -0.2) is 37.7 Å². The van der Waals surface area contributed by atoms with E-state index in [0.29, 0.717) is 5.56 Å². The second-order valence-corrected chi connectivity index (χ2v) is 10.2. The van der Waals surface area contributed by atoms with Crippen LogP contribution in [0.25, 0.3) is 10.9 Å². The molecule has 0 bridgehead atoms. The molecule has 30 heavy (non-hydrogen) atoms. The van der Waals surface area contributed by atoms with Gasteiger partial charge in [0, 0.05) is 25.2 Å². The second-order valence-electron chi connectivity index (χ2n) is 8.07. The molecule has 1 aliphatic rings. The first-order valence-corrected chi connectivity index (χ1v) is 11.7. The van der Waals surface area contributed by atoms with E-state index in [0.717, 1.165) is 29.3 Å². The molecule has 0 saturated heterocycles. The third kappa shape index (κ3) is 3.63. The number of nitrogens with one attached hydrogen (secondary N) is 2. The van der Waals surface area contributed by atoms with Crippen LogP contribution in [0.3, 0.4) is 0 Å². The average molecular weight is 426 g/mol. The van der Waals surface area contributed by atoms with Crippen LogP contribution in [0.2, 0.25) is 0 Å². The van der Waals surface area contributed by atoms with Crippen LogP contribution >= 0.6 is 0 Å². The molecule has 0 aliphatic heterocycles. The topological polar surface area (TPSA) is 82.3 Å². The Hall–Kier alpha value is -2.64. The molecule has 0 fully saturated rings. The van der Waals surface area contributed by atoms with Crippen molar-refractivity contribution in [3.63, 3.8) is 0 Å². The lowest BCUT2D eigenvalue weighted by Gasteiger charge is -2.16. The zero-order valence-electron chi connectivity index (χ0n) is 17.5. The summed E-state index contributed by atoms with van der Waals surface area (Å²) in [5.41, 5.74) is 4.99. The quantitative estimate of drug-likeness (QED) is 0.653. The van der Waals surface area contributed by atoms with Crippen molar-refractivity contribution in [2.24, 2.45) is 0 Å². The standard InChI is InChI=1S/C23H27N3O3S/c1-15(16-11-13-17(14-12-16)30(28,29)26(2)3)24-23(27)20-9-6-8-19-18-7-4-5-10-21(18)25-22(19)20/h6,8-9,11-15,25H,4-5,7,10H2,1-3H3,(H,24,27). The van der Waals surface area contributed by atoms with Crippen LogP contribution in [0.5, 0.6) is 0 Å². The van der Waals surface area contributed by atoms with Gasteiger partial charge in [0.15, 0.2) is 0 Å². The van der Waals surface area contributed by atoms with E-state index in [2.05, 4.69) is 16.4 Å². The third-order valence-electron chi connectivity index (χ3n) is 5.88. The van der Waals surface area contributed by atoms with Gasteiger partial charge in [-0.25, -0.2) is 12.7 Å². The maximum atomic E-state index is 13.0. The van der Waals surface area contributed by atoms with Crippen molar-refractivity contribution < 1.29 is 13.2 Å². The molecule has 158 valence electrons. The zero-order valence-corrected chi connectivity index (χ0v) is 18.3. The van der Waals surface area contributed by atoms with Crippen LogP contribution in [0, 0.1) is 0 Å². The highest BCUT2D eigenvalue weighted by Gasteiger charge is 2.21. The number of hydrogen-bond acceptors (Lipinski definition) is 3. The van der Waals surface area contributed by atoms with E-state index in [1.165, 1.54) is 42.5 Å². The van der Waals surface area contributed by atoms with Crippen LogP contribution in [0.15, 0.2) is 47.4 Å². The monoisotopic (exact) mass is 425 g/mol. The normalized spacial score (nSPS) is 15.2. The molecule has 1 heterocycles. The number of carbonyl (C=O) groups excluding carboxylic acids is 1. The minimum absolute atomic E-state index is 0.142. The number of aromatic nitrogens is 1. The van der Waals surface area contributed by atoms with Crippen molar-refractivity contribution in [2.45, 2.75) is 43.5 Å². The lowest BCUT2D eigenvalue weighted by molar-refractivity contribution is 0.0941. The number of hydrogen-bond donors (Lipinski definition) is 2. The van der Waals surface area contributed by atoms with Crippen molar-refractivity contribution in [3.05, 3.63) is 64.8 Å². The van der Waals surface area contributed by atoms with Gasteiger partial charge >= 0.3 is 0 Å². The molecule has 1 amide bonds. The van der Waals surface area contributed by atoms with E-state index in [1.54, 1.807) is 24.3 Å². The van der Waals surface area contributed by atoms with Gasteiger partial charge in [-0.2, -0.15) is 0 Å². The first-order valence-electron chi connectivity index (χ1n) is 10.2. The fourth-order valence-corrected chi connectivity index (χ4v) is 5.02. The number of aryl methyl sites for hydroxylation is 2. The molecule has 6 nitrogen and oxygen atoms in total. The second kappa shape index (κ2) is 7.89. The predicted octanol–water partition coefficient (Wildman–Crippen LogP) is 3.79. The largest absolute Gasteiger partial charge is 0.358 e. The van der Waals surface area contributed by atoms with Crippen molar-refractivity contribution in [3.8, 4) is 0 Å². The molecular formula is C23H27N3O3S. The van der Waals surface area contributed by atoms with Gasteiger partial charge in [-0.05, 0) is 61.9 Å². The summed E-state index contributed by atoms with van der Waals surface area (Å²) >= 11 is 0. The van der Waals surface area contributed by atoms with E-state index in [4.69, 9.17) is 0 Å². The summed E-state index contributed by atoms with van der Waals surface area (Å²) in [6.45, 7) is 1.90. The number of carbonyl (C=O) groups is 1. The predicted molar refractivity (Wildman–Crippen MR) is 118 cm³/mol. The molecule has 3 aromatic rings. The molecule has 7 heteroatoms. The lowest BCUT2D eigenvalue weighted by atomic mass is 9.95. The highest BCUT2D eigenvalue weighted by Crippen LogP contribution is 2.31. The van der Waals surface area contributed by atoms with Crippen LogP contribution in [0.1, 0.15) is 53.0 Å². The Morgan fingerprint density at radius 1 is 1.07 bits per heavy atom. The van der Waals surface area contributed by atoms with E-state index in [1.807, 2.05) is 19.1 Å². The van der Waals surface area contributed by atoms with Gasteiger partial charge in [0.25, 0.3) is 5.91 Å². The number of amides is 1. The van der Waals surface area contributed by atoms with Gasteiger partial charge in [-0.1, -0.05) is 24.3 Å². The summed E-state index contributed by atoms with van der Waals surface area (Å²) in [5, 5.41) is 4.19. The van der Waals surface area contributed by atoms with Crippen molar-refractivity contribution >= 4 is 26.8 Å². The van der Waals surface area contributed by atoms with E-state index in [-0.39, 0.29) is 16.8 Å². The average Bonchev–Trinajstić information content (AvgIpc) is 3.12. The van der Waals surface area contributed by atoms with Gasteiger partial charge in [0.1, 0.15) is 0 Å². The maximum absolute atomic E-state index is 13.0. The molecule has 0 saturated carbocycles. The summed E-state index contributed by atoms with van der Waals surface area (Å²) in [4.78, 5) is 16.8. The Morgan fingerprint density at radius 3 is 2.47 bits per heavy atom. The minimum atomic E-state index is -3.47. The van der Waals surface area contributed by atoms with Gasteiger partial charge in [-0.3, -0.25) is 4.79 Å². The summed E-state index contributed by atoms with van der Waals surface area (Å²) in [5.74, 6) is -0.142. The van der Waals surface area contributed by atoms with Crippen LogP contribution in [0.4, 0.5) is 0 Å². The SMILES string of the molecule is CC(NC(=O)c1cccc2c3c([nH]c12)CCCC3)c1ccc(S(=O)(=O)N(C)C)cc1. The number of sulfonamides is 1. The molecule has 1 aliphatic carbocycles. The Kier molecular flexibility index (Phi) is 5.42. The van der Waals surface area contributed by atoms with Crippen molar-refractivity contribution in [1.29, 1.82) is 0 Å². The van der Waals surface area contributed by atoms with Gasteiger partial charge in [0.05, 0.1) is 22.0 Å². The maximum Gasteiger partial charge on any atom is 0.253 e. The van der Waals surface area contributed by atoms with Crippen molar-refractivity contribution in [2.75, 3.05) is 14.1 Å². The fraction of sp³-hybridized carbons (Fsp3) is 0.348. The van der Waals surface area contributed by atoms with Crippen LogP contribution in [-0.2, 0) is 22.9 Å². The van der Waals surface area contributed by atoms with E-state index < -0.39 is 10.0 Å². The number of rotatable bonds is 5. The fourth-order valence-electron chi connectivity index (χ4n) is 4.12. The number of fused-ring (bicyclic) bond motifs is 3. The Bertz CT molecular complexity index is 1190. The molecule has 2 aromatic carbocycles. The molecule has 2 N–H and O–H groups in total. The first kappa shape index (κ1) is 20.6. The molecular weight excluding hydrogens is 398 g/mol.